The molecule has 0 amide bonds. The molecule has 0 bridgehead atoms. The third kappa shape index (κ3) is 3.64. The van der Waals surface area contributed by atoms with Gasteiger partial charge in [-0.3, -0.25) is 4.68 Å². The van der Waals surface area contributed by atoms with Gasteiger partial charge in [-0.1, -0.05) is 6.07 Å². The third-order valence-electron chi connectivity index (χ3n) is 4.35. The van der Waals surface area contributed by atoms with E-state index in [2.05, 4.69) is 9.82 Å². The Balaban J connectivity index is 1.68. The van der Waals surface area contributed by atoms with Crippen LogP contribution >= 0.6 is 0 Å². The summed E-state index contributed by atoms with van der Waals surface area (Å²) in [7, 11) is -3.46. The molecule has 23 heavy (non-hydrogen) atoms. The van der Waals surface area contributed by atoms with Crippen molar-refractivity contribution in [3.63, 3.8) is 0 Å². The number of benzene rings is 1. The molecule has 0 saturated heterocycles. The van der Waals surface area contributed by atoms with Gasteiger partial charge in [0.1, 0.15) is 0 Å². The summed E-state index contributed by atoms with van der Waals surface area (Å²) in [6.45, 7) is 4.77. The lowest BCUT2D eigenvalue weighted by molar-refractivity contribution is 0.554. The Hall–Kier alpha value is -1.66. The fourth-order valence-corrected chi connectivity index (χ4v) is 4.22. The molecule has 0 fully saturated rings. The number of aromatic nitrogens is 2. The number of rotatable bonds is 5. The second-order valence-electron chi connectivity index (χ2n) is 6.19. The summed E-state index contributed by atoms with van der Waals surface area (Å²) in [6.07, 6.45) is 4.37. The van der Waals surface area contributed by atoms with Gasteiger partial charge in [0.25, 0.3) is 0 Å². The first-order chi connectivity index (χ1) is 11.0. The highest BCUT2D eigenvalue weighted by molar-refractivity contribution is 7.89. The van der Waals surface area contributed by atoms with Crippen LogP contribution < -0.4 is 4.72 Å². The van der Waals surface area contributed by atoms with Gasteiger partial charge in [-0.05, 0) is 68.9 Å². The van der Waals surface area contributed by atoms with Crippen molar-refractivity contribution in [1.29, 1.82) is 0 Å². The number of hydrogen-bond donors (Lipinski definition) is 1. The highest BCUT2D eigenvalue weighted by Crippen LogP contribution is 2.23. The number of nitrogens with zero attached hydrogens (tertiary/aromatic N) is 2. The second kappa shape index (κ2) is 6.45. The van der Waals surface area contributed by atoms with Gasteiger partial charge in [0.2, 0.25) is 10.0 Å². The molecule has 1 aliphatic rings. The lowest BCUT2D eigenvalue weighted by atomic mass is 9.92. The monoisotopic (exact) mass is 333 g/mol. The van der Waals surface area contributed by atoms with Gasteiger partial charge in [0.15, 0.2) is 0 Å². The van der Waals surface area contributed by atoms with E-state index < -0.39 is 10.0 Å². The van der Waals surface area contributed by atoms with Crippen molar-refractivity contribution in [3.8, 4) is 0 Å². The number of sulfonamides is 1. The van der Waals surface area contributed by atoms with Gasteiger partial charge in [-0.2, -0.15) is 5.10 Å². The lowest BCUT2D eigenvalue weighted by Gasteiger charge is -2.16. The summed E-state index contributed by atoms with van der Waals surface area (Å²) in [5.41, 5.74) is 4.45. The highest BCUT2D eigenvalue weighted by Gasteiger charge is 2.17. The predicted octanol–water partition coefficient (Wildman–Crippen LogP) is 2.36. The van der Waals surface area contributed by atoms with E-state index in [4.69, 9.17) is 0 Å². The van der Waals surface area contributed by atoms with Crippen molar-refractivity contribution in [3.05, 3.63) is 46.8 Å². The maximum atomic E-state index is 12.5. The minimum atomic E-state index is -3.46. The van der Waals surface area contributed by atoms with Crippen LogP contribution in [0.1, 0.15) is 35.4 Å². The zero-order valence-electron chi connectivity index (χ0n) is 13.7. The molecule has 1 aromatic carbocycles. The molecule has 124 valence electrons. The second-order valence-corrected chi connectivity index (χ2v) is 7.95. The van der Waals surface area contributed by atoms with E-state index >= 15 is 0 Å². The van der Waals surface area contributed by atoms with Crippen molar-refractivity contribution in [2.75, 3.05) is 6.54 Å². The van der Waals surface area contributed by atoms with E-state index in [1.54, 1.807) is 6.07 Å². The molecule has 0 aliphatic heterocycles. The molecule has 0 atom stereocenters. The van der Waals surface area contributed by atoms with E-state index in [-0.39, 0.29) is 0 Å². The third-order valence-corrected chi connectivity index (χ3v) is 5.81. The van der Waals surface area contributed by atoms with Crippen LogP contribution in [0.15, 0.2) is 29.2 Å². The molecule has 1 N–H and O–H groups in total. The van der Waals surface area contributed by atoms with Crippen LogP contribution in [-0.4, -0.2) is 24.7 Å². The van der Waals surface area contributed by atoms with E-state index in [0.717, 1.165) is 30.7 Å². The predicted molar refractivity (Wildman–Crippen MR) is 90.0 cm³/mol. The molecule has 1 heterocycles. The zero-order chi connectivity index (χ0) is 16.4. The first-order valence-corrected chi connectivity index (χ1v) is 9.56. The Morgan fingerprint density at radius 2 is 1.87 bits per heavy atom. The number of aryl methyl sites for hydroxylation is 4. The number of fused-ring (bicyclic) bond motifs is 1. The molecule has 2 aromatic rings. The quantitative estimate of drug-likeness (QED) is 0.913. The summed E-state index contributed by atoms with van der Waals surface area (Å²) in [4.78, 5) is 0.367. The van der Waals surface area contributed by atoms with Gasteiger partial charge in [-0.15, -0.1) is 0 Å². The first kappa shape index (κ1) is 16.2. The van der Waals surface area contributed by atoms with E-state index in [1.165, 1.54) is 17.5 Å². The molecular weight excluding hydrogens is 310 g/mol. The molecular formula is C17H23N3O2S. The molecule has 1 aliphatic carbocycles. The normalized spacial score (nSPS) is 14.7. The standard InChI is InChI=1S/C17H23N3O2S/c1-13-11-14(2)20(19-13)10-9-18-23(21,22)17-8-7-15-5-3-4-6-16(15)12-17/h7-8,11-12,18H,3-6,9-10H2,1-2H3. The average Bonchev–Trinajstić information content (AvgIpc) is 2.84. The molecule has 3 rings (SSSR count). The first-order valence-electron chi connectivity index (χ1n) is 8.08. The minimum absolute atomic E-state index is 0.335. The summed E-state index contributed by atoms with van der Waals surface area (Å²) >= 11 is 0. The Morgan fingerprint density at radius 1 is 1.13 bits per heavy atom. The molecule has 0 saturated carbocycles. The fraction of sp³-hybridized carbons (Fsp3) is 0.471. The van der Waals surface area contributed by atoms with Crippen LogP contribution in [0.2, 0.25) is 0 Å². The fourth-order valence-electron chi connectivity index (χ4n) is 3.15. The lowest BCUT2D eigenvalue weighted by Crippen LogP contribution is -2.28. The molecule has 1 aromatic heterocycles. The van der Waals surface area contributed by atoms with Gasteiger partial charge >= 0.3 is 0 Å². The number of hydrogen-bond acceptors (Lipinski definition) is 3. The van der Waals surface area contributed by atoms with E-state index in [9.17, 15) is 8.42 Å². The Bertz CT molecular complexity index is 809. The van der Waals surface area contributed by atoms with Gasteiger partial charge < -0.3 is 0 Å². The highest BCUT2D eigenvalue weighted by atomic mass is 32.2. The van der Waals surface area contributed by atoms with Crippen LogP contribution in [0.5, 0.6) is 0 Å². The van der Waals surface area contributed by atoms with Crippen LogP contribution in [0.25, 0.3) is 0 Å². The molecule has 0 unspecified atom stereocenters. The van der Waals surface area contributed by atoms with Crippen LogP contribution in [0.3, 0.4) is 0 Å². The van der Waals surface area contributed by atoms with Crippen molar-refractivity contribution in [1.82, 2.24) is 14.5 Å². The van der Waals surface area contributed by atoms with Gasteiger partial charge in [0, 0.05) is 12.2 Å². The summed E-state index contributed by atoms with van der Waals surface area (Å²) < 4.78 is 29.4. The molecule has 6 heteroatoms. The van der Waals surface area contributed by atoms with Crippen LogP contribution in [-0.2, 0) is 29.4 Å². The van der Waals surface area contributed by atoms with Crippen LogP contribution in [0, 0.1) is 13.8 Å². The Kier molecular flexibility index (Phi) is 4.55. The Morgan fingerprint density at radius 3 is 2.57 bits per heavy atom. The van der Waals surface area contributed by atoms with Crippen LogP contribution in [0.4, 0.5) is 0 Å². The maximum Gasteiger partial charge on any atom is 0.240 e. The summed E-state index contributed by atoms with van der Waals surface area (Å²) in [5.74, 6) is 0. The van der Waals surface area contributed by atoms with Crippen molar-refractivity contribution >= 4 is 10.0 Å². The molecule has 0 radical (unpaired) electrons. The average molecular weight is 333 g/mol. The molecule has 5 nitrogen and oxygen atoms in total. The summed E-state index contributed by atoms with van der Waals surface area (Å²) in [5, 5.41) is 4.34. The number of nitrogens with one attached hydrogen (secondary N) is 1. The van der Waals surface area contributed by atoms with Gasteiger partial charge in [0.05, 0.1) is 17.1 Å². The Labute approximate surface area is 137 Å². The summed E-state index contributed by atoms with van der Waals surface area (Å²) in [6, 6.07) is 7.50. The maximum absolute atomic E-state index is 12.5. The van der Waals surface area contributed by atoms with Crippen molar-refractivity contribution in [2.24, 2.45) is 0 Å². The van der Waals surface area contributed by atoms with E-state index in [1.807, 2.05) is 36.7 Å². The smallest absolute Gasteiger partial charge is 0.240 e. The zero-order valence-corrected chi connectivity index (χ0v) is 14.5. The van der Waals surface area contributed by atoms with Crippen molar-refractivity contribution in [2.45, 2.75) is 51.0 Å². The minimum Gasteiger partial charge on any atom is -0.268 e. The van der Waals surface area contributed by atoms with E-state index in [0.29, 0.717) is 18.0 Å². The van der Waals surface area contributed by atoms with Gasteiger partial charge in [-0.25, -0.2) is 13.1 Å². The van der Waals surface area contributed by atoms with Crippen molar-refractivity contribution < 1.29 is 8.42 Å². The SMILES string of the molecule is Cc1cc(C)n(CCNS(=O)(=O)c2ccc3c(c2)CCCC3)n1. The topological polar surface area (TPSA) is 64.0 Å². The largest absolute Gasteiger partial charge is 0.268 e. The molecule has 0 spiro atoms.